The van der Waals surface area contributed by atoms with E-state index in [2.05, 4.69) is 21.7 Å². The molecule has 7 nitrogen and oxygen atoms in total. The van der Waals surface area contributed by atoms with Crippen LogP contribution in [-0.2, 0) is 11.2 Å². The van der Waals surface area contributed by atoms with Gasteiger partial charge in [0.15, 0.2) is 12.6 Å². The van der Waals surface area contributed by atoms with Gasteiger partial charge in [-0.15, -0.1) is 0 Å². The number of hydrogen-bond donors (Lipinski definition) is 2. The minimum atomic E-state index is -0.00720. The van der Waals surface area contributed by atoms with Crippen LogP contribution in [0, 0.1) is 0 Å². The van der Waals surface area contributed by atoms with Gasteiger partial charge >= 0.3 is 0 Å². The second-order valence-electron chi connectivity index (χ2n) is 7.35. The summed E-state index contributed by atoms with van der Waals surface area (Å²) in [7, 11) is 0. The highest BCUT2D eigenvalue weighted by atomic mass is 16.5. The van der Waals surface area contributed by atoms with Gasteiger partial charge in [-0.3, -0.25) is 4.79 Å². The van der Waals surface area contributed by atoms with E-state index in [1.807, 2.05) is 49.4 Å². The van der Waals surface area contributed by atoms with E-state index in [0.717, 1.165) is 42.5 Å². The number of nitrogens with zero attached hydrogens (tertiary/aromatic N) is 2. The van der Waals surface area contributed by atoms with E-state index in [4.69, 9.17) is 9.47 Å². The van der Waals surface area contributed by atoms with Crippen LogP contribution in [0.3, 0.4) is 0 Å². The average Bonchev–Trinajstić information content (AvgIpc) is 3.19. The van der Waals surface area contributed by atoms with E-state index < -0.39 is 0 Å². The zero-order chi connectivity index (χ0) is 20.8. The number of carbonyl (C=O) groups excluding carboxylic acids is 1. The van der Waals surface area contributed by atoms with Crippen LogP contribution in [0.15, 0.2) is 53.5 Å². The number of guanidine groups is 1. The van der Waals surface area contributed by atoms with Crippen molar-refractivity contribution in [3.8, 4) is 11.5 Å². The lowest BCUT2D eigenvalue weighted by Gasteiger charge is -2.29. The van der Waals surface area contributed by atoms with Gasteiger partial charge in [0.2, 0.25) is 0 Å². The Morgan fingerprint density at radius 2 is 1.93 bits per heavy atom. The molecule has 0 saturated carbocycles. The lowest BCUT2D eigenvalue weighted by atomic mass is 10.1. The fourth-order valence-electron chi connectivity index (χ4n) is 3.73. The van der Waals surface area contributed by atoms with E-state index in [9.17, 15) is 4.79 Å². The molecule has 158 valence electrons. The molecule has 2 aromatic carbocycles. The summed E-state index contributed by atoms with van der Waals surface area (Å²) in [5.74, 6) is 2.49. The smallest absolute Gasteiger partial charge is 0.265 e. The third kappa shape index (κ3) is 4.67. The summed E-state index contributed by atoms with van der Waals surface area (Å²) in [5.41, 5.74) is 2.08. The molecular formula is C23H28N4O3. The number of ether oxygens (including phenoxy) is 2. The highest BCUT2D eigenvalue weighted by Crippen LogP contribution is 2.31. The number of amides is 1. The molecule has 1 atom stereocenters. The second-order valence-corrected chi connectivity index (χ2v) is 7.35. The Balaban J connectivity index is 1.27. The van der Waals surface area contributed by atoms with Gasteiger partial charge in [0.05, 0.1) is 12.2 Å². The van der Waals surface area contributed by atoms with Crippen molar-refractivity contribution in [2.75, 3.05) is 37.7 Å². The fraction of sp³-hybridized carbons (Fsp3) is 0.391. The zero-order valence-electron chi connectivity index (χ0n) is 17.3. The maximum atomic E-state index is 12.3. The molecule has 7 heteroatoms. The summed E-state index contributed by atoms with van der Waals surface area (Å²) in [5, 5.41) is 6.63. The standard InChI is InChI=1S/C23H28N4O3/c1-2-24-23(26-15-18-14-17-8-3-5-10-20(17)30-18)25-12-7-13-27-19-9-4-6-11-21(19)29-16-22(27)28/h3-6,8-11,18H,2,7,12-16H2,1H3,(H2,24,25,26). The van der Waals surface area contributed by atoms with Gasteiger partial charge in [-0.05, 0) is 37.1 Å². The molecule has 30 heavy (non-hydrogen) atoms. The molecule has 0 saturated heterocycles. The molecule has 2 aromatic rings. The van der Waals surface area contributed by atoms with Crippen molar-refractivity contribution < 1.29 is 14.3 Å². The molecule has 2 aliphatic rings. The van der Waals surface area contributed by atoms with Crippen LogP contribution in [0.25, 0.3) is 0 Å². The van der Waals surface area contributed by atoms with Gasteiger partial charge in [0.1, 0.15) is 17.6 Å². The summed E-state index contributed by atoms with van der Waals surface area (Å²) in [6.45, 7) is 4.87. The van der Waals surface area contributed by atoms with Gasteiger partial charge in [0, 0.05) is 26.1 Å². The number of rotatable bonds is 7. The first kappa shape index (κ1) is 20.1. The Hall–Kier alpha value is -3.22. The van der Waals surface area contributed by atoms with Crippen LogP contribution < -0.4 is 25.0 Å². The monoisotopic (exact) mass is 408 g/mol. The van der Waals surface area contributed by atoms with E-state index in [1.165, 1.54) is 5.56 Å². The largest absolute Gasteiger partial charge is 0.488 e. The molecule has 1 amide bonds. The highest BCUT2D eigenvalue weighted by Gasteiger charge is 2.24. The summed E-state index contributed by atoms with van der Waals surface area (Å²) >= 11 is 0. The first-order chi connectivity index (χ1) is 14.7. The Kier molecular flexibility index (Phi) is 6.37. The van der Waals surface area contributed by atoms with E-state index in [1.54, 1.807) is 4.90 Å². The SMILES string of the molecule is CCNC(=NCC1Cc2ccccc2O1)NCCCN1C(=O)COc2ccccc21. The van der Waals surface area contributed by atoms with Gasteiger partial charge in [-0.2, -0.15) is 0 Å². The zero-order valence-corrected chi connectivity index (χ0v) is 17.3. The van der Waals surface area contributed by atoms with E-state index >= 15 is 0 Å². The fourth-order valence-corrected chi connectivity index (χ4v) is 3.73. The maximum absolute atomic E-state index is 12.3. The Bertz CT molecular complexity index is 890. The molecule has 4 rings (SSSR count). The Morgan fingerprint density at radius 3 is 2.77 bits per heavy atom. The first-order valence-electron chi connectivity index (χ1n) is 10.5. The number of aliphatic imine (C=N–C) groups is 1. The van der Waals surface area contributed by atoms with E-state index in [0.29, 0.717) is 19.6 Å². The number of nitrogens with one attached hydrogen (secondary N) is 2. The summed E-state index contributed by atoms with van der Waals surface area (Å²) in [6, 6.07) is 15.8. The van der Waals surface area contributed by atoms with Gasteiger partial charge in [-0.25, -0.2) is 4.99 Å². The van der Waals surface area contributed by atoms with Crippen LogP contribution in [0.2, 0.25) is 0 Å². The predicted octanol–water partition coefficient (Wildman–Crippen LogP) is 2.36. The third-order valence-electron chi connectivity index (χ3n) is 5.17. The lowest BCUT2D eigenvalue weighted by molar-refractivity contribution is -0.121. The summed E-state index contributed by atoms with van der Waals surface area (Å²) in [6.07, 6.45) is 1.76. The number of fused-ring (bicyclic) bond motifs is 2. The topological polar surface area (TPSA) is 75.2 Å². The van der Waals surface area contributed by atoms with Crippen molar-refractivity contribution in [3.05, 3.63) is 54.1 Å². The van der Waals surface area contributed by atoms with Crippen LogP contribution in [0.1, 0.15) is 18.9 Å². The molecule has 2 aliphatic heterocycles. The molecule has 1 unspecified atom stereocenters. The van der Waals surface area contributed by atoms with Crippen molar-refractivity contribution in [2.45, 2.75) is 25.9 Å². The molecule has 2 N–H and O–H groups in total. The Labute approximate surface area is 177 Å². The summed E-state index contributed by atoms with van der Waals surface area (Å²) in [4.78, 5) is 18.7. The average molecular weight is 409 g/mol. The normalized spacial score (nSPS) is 17.6. The van der Waals surface area contributed by atoms with Gasteiger partial charge in [0.25, 0.3) is 5.91 Å². The van der Waals surface area contributed by atoms with Crippen LogP contribution >= 0.6 is 0 Å². The van der Waals surface area contributed by atoms with Gasteiger partial charge in [-0.1, -0.05) is 30.3 Å². The number of carbonyl (C=O) groups is 1. The maximum Gasteiger partial charge on any atom is 0.265 e. The molecule has 0 fully saturated rings. The van der Waals surface area contributed by atoms with Crippen molar-refractivity contribution in [2.24, 2.45) is 4.99 Å². The predicted molar refractivity (Wildman–Crippen MR) is 117 cm³/mol. The van der Waals surface area contributed by atoms with Crippen LogP contribution in [0.4, 0.5) is 5.69 Å². The number of benzene rings is 2. The first-order valence-corrected chi connectivity index (χ1v) is 10.5. The molecule has 0 spiro atoms. The number of hydrogen-bond acceptors (Lipinski definition) is 4. The molecule has 0 aromatic heterocycles. The summed E-state index contributed by atoms with van der Waals surface area (Å²) < 4.78 is 11.5. The molecule has 0 bridgehead atoms. The minimum absolute atomic E-state index is 0.00720. The van der Waals surface area contributed by atoms with Crippen molar-refractivity contribution in [1.82, 2.24) is 10.6 Å². The molecule has 2 heterocycles. The van der Waals surface area contributed by atoms with Crippen LogP contribution in [-0.4, -0.2) is 50.8 Å². The third-order valence-corrected chi connectivity index (χ3v) is 5.17. The minimum Gasteiger partial charge on any atom is -0.488 e. The highest BCUT2D eigenvalue weighted by molar-refractivity contribution is 5.97. The van der Waals surface area contributed by atoms with Crippen LogP contribution in [0.5, 0.6) is 11.5 Å². The molecular weight excluding hydrogens is 380 g/mol. The van der Waals surface area contributed by atoms with Gasteiger partial charge < -0.3 is 25.0 Å². The molecule has 0 radical (unpaired) electrons. The second kappa shape index (κ2) is 9.52. The number of para-hydroxylation sites is 3. The quantitative estimate of drug-likeness (QED) is 0.418. The van der Waals surface area contributed by atoms with Crippen molar-refractivity contribution >= 4 is 17.6 Å². The molecule has 0 aliphatic carbocycles. The van der Waals surface area contributed by atoms with E-state index in [-0.39, 0.29) is 18.6 Å². The Morgan fingerprint density at radius 1 is 1.13 bits per heavy atom. The van der Waals surface area contributed by atoms with Crippen molar-refractivity contribution in [3.63, 3.8) is 0 Å². The number of anilines is 1. The lowest BCUT2D eigenvalue weighted by Crippen LogP contribution is -2.42. The van der Waals surface area contributed by atoms with Crippen molar-refractivity contribution in [1.29, 1.82) is 0 Å².